The van der Waals surface area contributed by atoms with Gasteiger partial charge in [0, 0.05) is 32.4 Å². The van der Waals surface area contributed by atoms with Gasteiger partial charge in [0.25, 0.3) is 0 Å². The van der Waals surface area contributed by atoms with Gasteiger partial charge >= 0.3 is 5.97 Å². The van der Waals surface area contributed by atoms with Gasteiger partial charge in [-0.15, -0.1) is 0 Å². The number of carboxylic acids is 1. The van der Waals surface area contributed by atoms with Gasteiger partial charge in [0.05, 0.1) is 29.7 Å². The molecule has 8 heteroatoms. The number of aromatic nitrogens is 3. The molecule has 1 N–H and O–H groups in total. The molecular formula is C29H35FN4O3. The molecule has 3 heterocycles. The summed E-state index contributed by atoms with van der Waals surface area (Å²) in [7, 11) is 0. The Labute approximate surface area is 217 Å². The predicted octanol–water partition coefficient (Wildman–Crippen LogP) is 5.34. The Hall–Kier alpha value is -3.10. The molecular weight excluding hydrogens is 471 g/mol. The number of halogens is 1. The molecule has 1 saturated heterocycles. The molecule has 1 saturated carbocycles. The van der Waals surface area contributed by atoms with Crippen LogP contribution in [0.4, 0.5) is 4.39 Å². The van der Waals surface area contributed by atoms with Crippen molar-refractivity contribution in [1.29, 1.82) is 0 Å². The largest absolute Gasteiger partial charge is 0.478 e. The number of pyridine rings is 1. The van der Waals surface area contributed by atoms with Crippen molar-refractivity contribution in [2.75, 3.05) is 13.1 Å². The molecule has 1 aromatic carbocycles. The first kappa shape index (κ1) is 25.5. The lowest BCUT2D eigenvalue weighted by Gasteiger charge is -2.35. The topological polar surface area (TPSA) is 80.5 Å². The van der Waals surface area contributed by atoms with Gasteiger partial charge in [0.2, 0.25) is 0 Å². The second-order valence-electron chi connectivity index (χ2n) is 10.2. The van der Waals surface area contributed by atoms with E-state index in [0.29, 0.717) is 36.7 Å². The average Bonchev–Trinajstić information content (AvgIpc) is 3.32. The van der Waals surface area contributed by atoms with E-state index in [0.717, 1.165) is 43.7 Å². The number of benzene rings is 1. The van der Waals surface area contributed by atoms with Gasteiger partial charge in [0.1, 0.15) is 11.5 Å². The normalized spacial score (nSPS) is 17.8. The predicted molar refractivity (Wildman–Crippen MR) is 139 cm³/mol. The van der Waals surface area contributed by atoms with Crippen LogP contribution in [0.15, 0.2) is 48.8 Å². The molecule has 0 bridgehead atoms. The minimum absolute atomic E-state index is 0.180. The number of aromatic carboxylic acids is 1. The minimum atomic E-state index is -0.994. The summed E-state index contributed by atoms with van der Waals surface area (Å²) < 4.78 is 21.9. The zero-order valence-electron chi connectivity index (χ0n) is 21.2. The van der Waals surface area contributed by atoms with Crippen molar-refractivity contribution in [3.8, 4) is 11.5 Å². The number of rotatable bonds is 9. The number of ether oxygens (including phenoxy) is 1. The molecule has 37 heavy (non-hydrogen) atoms. The van der Waals surface area contributed by atoms with E-state index in [4.69, 9.17) is 4.74 Å². The van der Waals surface area contributed by atoms with Crippen molar-refractivity contribution in [1.82, 2.24) is 19.4 Å². The number of aryl methyl sites for hydroxylation is 1. The highest BCUT2D eigenvalue weighted by molar-refractivity contribution is 5.88. The molecule has 0 atom stereocenters. The Morgan fingerprint density at radius 1 is 1.00 bits per heavy atom. The van der Waals surface area contributed by atoms with Crippen molar-refractivity contribution in [2.45, 2.75) is 76.7 Å². The van der Waals surface area contributed by atoms with E-state index in [2.05, 4.69) is 19.4 Å². The maximum absolute atomic E-state index is 13.4. The van der Waals surface area contributed by atoms with Gasteiger partial charge in [-0.05, 0) is 61.9 Å². The zero-order chi connectivity index (χ0) is 25.6. The van der Waals surface area contributed by atoms with Crippen LogP contribution in [0.3, 0.4) is 0 Å². The summed E-state index contributed by atoms with van der Waals surface area (Å²) in [5, 5.41) is 9.44. The van der Waals surface area contributed by atoms with Gasteiger partial charge in [-0.1, -0.05) is 31.4 Å². The third kappa shape index (κ3) is 6.62. The molecule has 0 spiro atoms. The fraction of sp³-hybridized carbons (Fsp3) is 0.483. The molecule has 0 radical (unpaired) electrons. The molecule has 1 aliphatic heterocycles. The Morgan fingerprint density at radius 3 is 2.46 bits per heavy atom. The number of imidazole rings is 1. The van der Waals surface area contributed by atoms with Gasteiger partial charge in [0.15, 0.2) is 5.82 Å². The second-order valence-corrected chi connectivity index (χ2v) is 10.2. The number of hydrogen-bond acceptors (Lipinski definition) is 5. The number of hydrogen-bond donors (Lipinski definition) is 1. The highest BCUT2D eigenvalue weighted by Crippen LogP contribution is 2.26. The highest BCUT2D eigenvalue weighted by Gasteiger charge is 2.25. The number of nitrogens with zero attached hydrogens (tertiary/aromatic N) is 4. The molecule has 7 nitrogen and oxygen atoms in total. The molecule has 3 aromatic rings. The van der Waals surface area contributed by atoms with E-state index in [1.165, 1.54) is 56.5 Å². The quantitative estimate of drug-likeness (QED) is 0.422. The molecule has 2 aromatic heterocycles. The molecule has 1 aliphatic carbocycles. The van der Waals surface area contributed by atoms with Crippen LogP contribution in [0.2, 0.25) is 0 Å². The summed E-state index contributed by atoms with van der Waals surface area (Å²) in [6.45, 7) is 3.34. The molecule has 0 unspecified atom stereocenters. The lowest BCUT2D eigenvalue weighted by molar-refractivity contribution is -0.0567. The lowest BCUT2D eigenvalue weighted by Crippen LogP contribution is -2.38. The van der Waals surface area contributed by atoms with Crippen molar-refractivity contribution < 1.29 is 19.0 Å². The first-order chi connectivity index (χ1) is 18.0. The van der Waals surface area contributed by atoms with Crippen molar-refractivity contribution in [3.63, 3.8) is 0 Å². The first-order valence-corrected chi connectivity index (χ1v) is 13.4. The van der Waals surface area contributed by atoms with Crippen LogP contribution in [0.5, 0.6) is 0 Å². The molecule has 2 aliphatic rings. The van der Waals surface area contributed by atoms with E-state index in [-0.39, 0.29) is 11.4 Å². The number of piperidine rings is 1. The van der Waals surface area contributed by atoms with E-state index in [1.807, 2.05) is 6.20 Å². The van der Waals surface area contributed by atoms with Gasteiger partial charge < -0.3 is 14.4 Å². The number of carbonyl (C=O) groups is 1. The smallest absolute Gasteiger partial charge is 0.335 e. The summed E-state index contributed by atoms with van der Waals surface area (Å²) >= 11 is 0. The third-order valence-electron chi connectivity index (χ3n) is 7.57. The molecule has 5 rings (SSSR count). The van der Waals surface area contributed by atoms with Crippen molar-refractivity contribution in [2.24, 2.45) is 0 Å². The summed E-state index contributed by atoms with van der Waals surface area (Å²) in [5.74, 6) is -0.597. The Bertz CT molecular complexity index is 1180. The first-order valence-electron chi connectivity index (χ1n) is 13.4. The van der Waals surface area contributed by atoms with Crippen LogP contribution in [0.1, 0.15) is 66.6 Å². The van der Waals surface area contributed by atoms with Crippen LogP contribution < -0.4 is 0 Å². The van der Waals surface area contributed by atoms with Gasteiger partial charge in [-0.3, -0.25) is 9.88 Å². The van der Waals surface area contributed by atoms with Gasteiger partial charge in [-0.2, -0.15) is 0 Å². The average molecular weight is 507 g/mol. The summed E-state index contributed by atoms with van der Waals surface area (Å²) in [4.78, 5) is 23.1. The SMILES string of the molecule is O=C(O)c1ccnc(-c2ncc(CN3CCC(OC4CCCCC4)CC3)n2CCc2ccc(F)cc2)c1. The third-order valence-corrected chi connectivity index (χ3v) is 7.57. The van der Waals surface area contributed by atoms with E-state index >= 15 is 0 Å². The van der Waals surface area contributed by atoms with E-state index in [1.54, 1.807) is 18.2 Å². The van der Waals surface area contributed by atoms with E-state index in [9.17, 15) is 14.3 Å². The standard InChI is InChI=1S/C29H35FN4O3/c30-23-8-6-21(7-9-23)11-17-34-24(19-32-28(34)27-18-22(29(35)36)10-14-31-27)20-33-15-12-26(13-16-33)37-25-4-2-1-3-5-25/h6-10,14,18-19,25-26H,1-5,11-13,15-17,20H2,(H,35,36). The Kier molecular flexibility index (Phi) is 8.26. The van der Waals surface area contributed by atoms with Crippen molar-refractivity contribution in [3.05, 3.63) is 71.4 Å². The van der Waals surface area contributed by atoms with Crippen LogP contribution in [0, 0.1) is 5.82 Å². The van der Waals surface area contributed by atoms with Crippen LogP contribution in [-0.2, 0) is 24.2 Å². The number of likely N-dealkylation sites (tertiary alicyclic amines) is 1. The van der Waals surface area contributed by atoms with Gasteiger partial charge in [-0.25, -0.2) is 14.2 Å². The number of carboxylic acid groups (broad SMARTS) is 1. The Balaban J connectivity index is 1.29. The second kappa shape index (κ2) is 12.0. The zero-order valence-corrected chi connectivity index (χ0v) is 21.2. The molecule has 2 fully saturated rings. The summed E-state index contributed by atoms with van der Waals surface area (Å²) in [6, 6.07) is 9.60. The fourth-order valence-electron chi connectivity index (χ4n) is 5.47. The highest BCUT2D eigenvalue weighted by atomic mass is 19.1. The maximum Gasteiger partial charge on any atom is 0.335 e. The summed E-state index contributed by atoms with van der Waals surface area (Å²) in [5.41, 5.74) is 2.80. The molecule has 196 valence electrons. The van der Waals surface area contributed by atoms with Crippen LogP contribution in [0.25, 0.3) is 11.5 Å². The van der Waals surface area contributed by atoms with E-state index < -0.39 is 5.97 Å². The maximum atomic E-state index is 13.4. The minimum Gasteiger partial charge on any atom is -0.478 e. The Morgan fingerprint density at radius 2 is 1.73 bits per heavy atom. The fourth-order valence-corrected chi connectivity index (χ4v) is 5.47. The van der Waals surface area contributed by atoms with Crippen LogP contribution in [-0.4, -0.2) is 55.8 Å². The summed E-state index contributed by atoms with van der Waals surface area (Å²) in [6.07, 6.45) is 13.3. The molecule has 0 amide bonds. The van der Waals surface area contributed by atoms with Crippen LogP contribution >= 0.6 is 0 Å². The van der Waals surface area contributed by atoms with Crippen molar-refractivity contribution >= 4 is 5.97 Å². The lowest BCUT2D eigenvalue weighted by atomic mass is 9.97. The monoisotopic (exact) mass is 506 g/mol.